The van der Waals surface area contributed by atoms with Gasteiger partial charge in [0.05, 0.1) is 0 Å². The number of alkyl halides is 3. The minimum atomic E-state index is -4.25. The lowest BCUT2D eigenvalue weighted by Gasteiger charge is -2.23. The third kappa shape index (κ3) is 6.35. The van der Waals surface area contributed by atoms with E-state index in [2.05, 4.69) is 9.64 Å². The fourth-order valence-electron chi connectivity index (χ4n) is 2.31. The zero-order valence-corrected chi connectivity index (χ0v) is 10.6. The molecule has 1 saturated heterocycles. The molecule has 1 aliphatic rings. The molecule has 3 nitrogen and oxygen atoms in total. The second-order valence-electron chi connectivity index (χ2n) is 4.76. The van der Waals surface area contributed by atoms with Gasteiger partial charge in [0.15, 0.2) is 0 Å². The molecule has 6 heteroatoms. The minimum Gasteiger partial charge on any atom is -0.372 e. The Labute approximate surface area is 105 Å². The van der Waals surface area contributed by atoms with Gasteiger partial charge in [-0.15, -0.1) is 0 Å². The van der Waals surface area contributed by atoms with E-state index in [1.807, 2.05) is 0 Å². The van der Waals surface area contributed by atoms with Gasteiger partial charge in [-0.05, 0) is 32.7 Å². The van der Waals surface area contributed by atoms with Crippen molar-refractivity contribution in [2.45, 2.75) is 44.8 Å². The van der Waals surface area contributed by atoms with E-state index in [4.69, 9.17) is 0 Å². The van der Waals surface area contributed by atoms with Gasteiger partial charge in [-0.25, -0.2) is 0 Å². The molecule has 0 aliphatic carbocycles. The monoisotopic (exact) mass is 267 g/mol. The molecule has 0 amide bonds. The van der Waals surface area contributed by atoms with E-state index >= 15 is 0 Å². The first-order valence-corrected chi connectivity index (χ1v) is 6.26. The summed E-state index contributed by atoms with van der Waals surface area (Å²) in [5, 5.41) is 0. The number of ketones is 1. The van der Waals surface area contributed by atoms with Gasteiger partial charge in [-0.3, -0.25) is 9.69 Å². The highest BCUT2D eigenvalue weighted by Crippen LogP contribution is 2.20. The van der Waals surface area contributed by atoms with Gasteiger partial charge >= 0.3 is 6.18 Å². The normalized spacial score (nSPS) is 21.4. The third-order valence-electron chi connectivity index (χ3n) is 3.02. The van der Waals surface area contributed by atoms with Crippen LogP contribution >= 0.6 is 0 Å². The topological polar surface area (TPSA) is 29.5 Å². The fraction of sp³-hybridized carbons (Fsp3) is 0.917. The van der Waals surface area contributed by atoms with Crippen LogP contribution in [0, 0.1) is 0 Å². The lowest BCUT2D eigenvalue weighted by atomic mass is 10.1. The maximum absolute atomic E-state index is 11.8. The molecular weight excluding hydrogens is 247 g/mol. The number of Topliss-reactive ketones (excluding diaryl/α,β-unsaturated/α-hetero) is 1. The van der Waals surface area contributed by atoms with Crippen LogP contribution in [0.3, 0.4) is 0 Å². The molecule has 18 heavy (non-hydrogen) atoms. The quantitative estimate of drug-likeness (QED) is 0.663. The molecule has 1 unspecified atom stereocenters. The van der Waals surface area contributed by atoms with Crippen molar-refractivity contribution >= 4 is 5.78 Å². The van der Waals surface area contributed by atoms with Crippen LogP contribution in [-0.4, -0.2) is 49.2 Å². The Morgan fingerprint density at radius 2 is 2.17 bits per heavy atom. The van der Waals surface area contributed by atoms with Crippen LogP contribution in [0.15, 0.2) is 0 Å². The van der Waals surface area contributed by atoms with E-state index in [-0.39, 0.29) is 18.4 Å². The summed E-state index contributed by atoms with van der Waals surface area (Å²) in [5.74, 6) is 0.167. The van der Waals surface area contributed by atoms with Crippen molar-refractivity contribution in [1.82, 2.24) is 4.90 Å². The second-order valence-corrected chi connectivity index (χ2v) is 4.76. The van der Waals surface area contributed by atoms with Gasteiger partial charge in [-0.2, -0.15) is 13.2 Å². The van der Waals surface area contributed by atoms with Gasteiger partial charge < -0.3 is 4.74 Å². The molecule has 0 bridgehead atoms. The van der Waals surface area contributed by atoms with Crippen LogP contribution in [0.5, 0.6) is 0 Å². The first kappa shape index (κ1) is 15.4. The van der Waals surface area contributed by atoms with Crippen molar-refractivity contribution in [2.24, 2.45) is 0 Å². The van der Waals surface area contributed by atoms with Gasteiger partial charge in [0.2, 0.25) is 0 Å². The zero-order chi connectivity index (χ0) is 13.6. The Morgan fingerprint density at radius 3 is 2.78 bits per heavy atom. The van der Waals surface area contributed by atoms with E-state index < -0.39 is 12.8 Å². The van der Waals surface area contributed by atoms with E-state index in [0.29, 0.717) is 19.4 Å². The Balaban J connectivity index is 2.13. The van der Waals surface area contributed by atoms with E-state index in [9.17, 15) is 18.0 Å². The number of rotatable bonds is 7. The molecule has 1 aliphatic heterocycles. The molecule has 0 radical (unpaired) electrons. The van der Waals surface area contributed by atoms with Crippen LogP contribution in [-0.2, 0) is 9.53 Å². The number of halogens is 3. The smallest absolute Gasteiger partial charge is 0.372 e. The maximum Gasteiger partial charge on any atom is 0.411 e. The SMILES string of the molecule is CC(=O)CC1CCCN1CCCOCC(F)(F)F. The summed E-state index contributed by atoms with van der Waals surface area (Å²) >= 11 is 0. The van der Waals surface area contributed by atoms with E-state index in [1.165, 1.54) is 0 Å². The number of nitrogens with zero attached hydrogens (tertiary/aromatic N) is 1. The van der Waals surface area contributed by atoms with Crippen LogP contribution < -0.4 is 0 Å². The number of hydrogen-bond donors (Lipinski definition) is 0. The summed E-state index contributed by atoms with van der Waals surface area (Å²) in [7, 11) is 0. The maximum atomic E-state index is 11.8. The fourth-order valence-corrected chi connectivity index (χ4v) is 2.31. The molecule has 1 rings (SSSR count). The molecule has 1 atom stereocenters. The largest absolute Gasteiger partial charge is 0.411 e. The van der Waals surface area contributed by atoms with Crippen molar-refractivity contribution in [3.05, 3.63) is 0 Å². The summed E-state index contributed by atoms with van der Waals surface area (Å²) in [6.45, 7) is 2.14. The average Bonchev–Trinajstić information content (AvgIpc) is 2.62. The summed E-state index contributed by atoms with van der Waals surface area (Å²) in [4.78, 5) is 13.2. The van der Waals surface area contributed by atoms with Crippen molar-refractivity contribution in [2.75, 3.05) is 26.3 Å². The van der Waals surface area contributed by atoms with Crippen molar-refractivity contribution in [1.29, 1.82) is 0 Å². The highest BCUT2D eigenvalue weighted by Gasteiger charge is 2.28. The van der Waals surface area contributed by atoms with Gasteiger partial charge in [0.25, 0.3) is 0 Å². The van der Waals surface area contributed by atoms with Crippen molar-refractivity contribution in [3.8, 4) is 0 Å². The number of likely N-dealkylation sites (tertiary alicyclic amines) is 1. The Kier molecular flexibility index (Phi) is 6.08. The first-order valence-electron chi connectivity index (χ1n) is 6.26. The minimum absolute atomic E-state index is 0.114. The van der Waals surface area contributed by atoms with Crippen LogP contribution in [0.2, 0.25) is 0 Å². The molecular formula is C12H20F3NO2. The summed E-state index contributed by atoms with van der Waals surface area (Å²) in [5.41, 5.74) is 0. The molecule has 106 valence electrons. The van der Waals surface area contributed by atoms with Gasteiger partial charge in [0.1, 0.15) is 12.4 Å². The predicted molar refractivity (Wildman–Crippen MR) is 61.4 cm³/mol. The highest BCUT2D eigenvalue weighted by molar-refractivity contribution is 5.76. The predicted octanol–water partition coefficient (Wildman–Crippen LogP) is 2.40. The lowest BCUT2D eigenvalue weighted by molar-refractivity contribution is -0.174. The molecule has 0 aromatic carbocycles. The highest BCUT2D eigenvalue weighted by atomic mass is 19.4. The molecule has 0 spiro atoms. The number of hydrogen-bond acceptors (Lipinski definition) is 3. The van der Waals surface area contributed by atoms with Crippen LogP contribution in [0.1, 0.15) is 32.6 Å². The van der Waals surface area contributed by atoms with E-state index in [0.717, 1.165) is 19.4 Å². The standard InChI is InChI=1S/C12H20F3NO2/c1-10(17)8-11-4-2-5-16(11)6-3-7-18-9-12(13,14)15/h11H,2-9H2,1H3. The van der Waals surface area contributed by atoms with Crippen LogP contribution in [0.4, 0.5) is 13.2 Å². The third-order valence-corrected chi connectivity index (χ3v) is 3.02. The van der Waals surface area contributed by atoms with Crippen molar-refractivity contribution < 1.29 is 22.7 Å². The van der Waals surface area contributed by atoms with Crippen molar-refractivity contribution in [3.63, 3.8) is 0 Å². The van der Waals surface area contributed by atoms with Gasteiger partial charge in [0, 0.05) is 25.6 Å². The van der Waals surface area contributed by atoms with Gasteiger partial charge in [-0.1, -0.05) is 0 Å². The number of ether oxygens (including phenoxy) is 1. The lowest BCUT2D eigenvalue weighted by Crippen LogP contribution is -2.32. The summed E-state index contributed by atoms with van der Waals surface area (Å²) in [6, 6.07) is 0.269. The molecule has 0 saturated carbocycles. The zero-order valence-electron chi connectivity index (χ0n) is 10.6. The Hall–Kier alpha value is -0.620. The molecule has 0 aromatic heterocycles. The molecule has 1 heterocycles. The number of carbonyl (C=O) groups excluding carboxylic acids is 1. The van der Waals surface area contributed by atoms with E-state index in [1.54, 1.807) is 6.92 Å². The summed E-state index contributed by atoms with van der Waals surface area (Å²) < 4.78 is 40.0. The molecule has 1 fully saturated rings. The average molecular weight is 267 g/mol. The first-order chi connectivity index (χ1) is 8.38. The molecule has 0 aromatic rings. The number of carbonyl (C=O) groups is 1. The second kappa shape index (κ2) is 7.09. The summed E-state index contributed by atoms with van der Waals surface area (Å²) in [6.07, 6.45) is -1.07. The van der Waals surface area contributed by atoms with Crippen LogP contribution in [0.25, 0.3) is 0 Å². The Bertz CT molecular complexity index is 269. The molecule has 0 N–H and O–H groups in total. The Morgan fingerprint density at radius 1 is 1.44 bits per heavy atom.